The van der Waals surface area contributed by atoms with E-state index in [0.717, 1.165) is 28.8 Å². The van der Waals surface area contributed by atoms with Crippen molar-refractivity contribution in [2.24, 2.45) is 0 Å². The van der Waals surface area contributed by atoms with Crippen molar-refractivity contribution in [3.05, 3.63) is 70.3 Å². The first-order valence-electron chi connectivity index (χ1n) is 6.69. The maximum absolute atomic E-state index is 12.5. The van der Waals surface area contributed by atoms with Crippen LogP contribution in [0.1, 0.15) is 33.9 Å². The molecule has 2 aromatic rings. The summed E-state index contributed by atoms with van der Waals surface area (Å²) in [4.78, 5) is 0. The van der Waals surface area contributed by atoms with Crippen LogP contribution in [-0.4, -0.2) is 5.11 Å². The third kappa shape index (κ3) is 3.85. The van der Waals surface area contributed by atoms with E-state index in [0.29, 0.717) is 12.0 Å². The Labute approximate surface area is 122 Å². The van der Waals surface area contributed by atoms with Crippen LogP contribution < -0.4 is 0 Å². The first-order valence-corrected chi connectivity index (χ1v) is 6.69. The van der Waals surface area contributed by atoms with Crippen LogP contribution in [0.2, 0.25) is 0 Å². The van der Waals surface area contributed by atoms with Gasteiger partial charge in [-0.3, -0.25) is 0 Å². The zero-order chi connectivity index (χ0) is 15.6. The van der Waals surface area contributed by atoms with Gasteiger partial charge in [0.15, 0.2) is 0 Å². The molecule has 112 valence electrons. The van der Waals surface area contributed by atoms with E-state index in [1.54, 1.807) is 0 Å². The monoisotopic (exact) mass is 294 g/mol. The number of aryl methyl sites for hydroxylation is 2. The maximum atomic E-state index is 12.5. The summed E-state index contributed by atoms with van der Waals surface area (Å²) in [5.41, 5.74) is 2.94. The van der Waals surface area contributed by atoms with Gasteiger partial charge in [-0.2, -0.15) is 13.2 Å². The second kappa shape index (κ2) is 5.90. The summed E-state index contributed by atoms with van der Waals surface area (Å²) in [5, 5.41) is 10.2. The lowest BCUT2D eigenvalue weighted by atomic mass is 9.96. The second-order valence-electron chi connectivity index (χ2n) is 5.27. The van der Waals surface area contributed by atoms with Gasteiger partial charge in [0.1, 0.15) is 0 Å². The molecule has 0 heterocycles. The fourth-order valence-electron chi connectivity index (χ4n) is 2.24. The number of hydrogen-bond donors (Lipinski definition) is 1. The van der Waals surface area contributed by atoms with E-state index in [-0.39, 0.29) is 0 Å². The highest BCUT2D eigenvalue weighted by molar-refractivity contribution is 5.33. The molecule has 0 bridgehead atoms. The van der Waals surface area contributed by atoms with Gasteiger partial charge in [0, 0.05) is 6.42 Å². The Morgan fingerprint density at radius 3 is 2.19 bits per heavy atom. The summed E-state index contributed by atoms with van der Waals surface area (Å²) in [6.45, 7) is 3.92. The molecule has 0 aliphatic heterocycles. The zero-order valence-electron chi connectivity index (χ0n) is 11.9. The molecule has 0 aliphatic rings. The highest BCUT2D eigenvalue weighted by Gasteiger charge is 2.30. The molecular formula is C17H17F3O. The standard InChI is InChI=1S/C17H17F3O/c1-11-3-4-12(2)14(9-11)10-16(21)13-5-7-15(8-6-13)17(18,19)20/h3-9,16,21H,10H2,1-2H3. The van der Waals surface area contributed by atoms with E-state index in [9.17, 15) is 18.3 Å². The Bertz CT molecular complexity index is 615. The van der Waals surface area contributed by atoms with Crippen molar-refractivity contribution in [3.8, 4) is 0 Å². The largest absolute Gasteiger partial charge is 0.416 e. The fourth-order valence-corrected chi connectivity index (χ4v) is 2.24. The second-order valence-corrected chi connectivity index (χ2v) is 5.27. The number of alkyl halides is 3. The SMILES string of the molecule is Cc1ccc(C)c(CC(O)c2ccc(C(F)(F)F)cc2)c1. The summed E-state index contributed by atoms with van der Waals surface area (Å²) in [6.07, 6.45) is -4.78. The van der Waals surface area contributed by atoms with Crippen molar-refractivity contribution in [1.82, 2.24) is 0 Å². The van der Waals surface area contributed by atoms with E-state index in [2.05, 4.69) is 0 Å². The lowest BCUT2D eigenvalue weighted by Gasteiger charge is -2.15. The molecule has 1 nitrogen and oxygen atoms in total. The van der Waals surface area contributed by atoms with Crippen molar-refractivity contribution in [2.45, 2.75) is 32.5 Å². The quantitative estimate of drug-likeness (QED) is 0.877. The predicted octanol–water partition coefficient (Wildman–Crippen LogP) is 4.60. The molecule has 0 radical (unpaired) electrons. The number of rotatable bonds is 3. The summed E-state index contributed by atoms with van der Waals surface area (Å²) in [5.74, 6) is 0. The molecule has 2 rings (SSSR count). The summed E-state index contributed by atoms with van der Waals surface area (Å²) in [6, 6.07) is 10.6. The van der Waals surface area contributed by atoms with E-state index in [4.69, 9.17) is 0 Å². The van der Waals surface area contributed by atoms with Crippen LogP contribution in [0.15, 0.2) is 42.5 Å². The van der Waals surface area contributed by atoms with Gasteiger partial charge in [0.05, 0.1) is 11.7 Å². The van der Waals surface area contributed by atoms with Crippen LogP contribution in [0.4, 0.5) is 13.2 Å². The van der Waals surface area contributed by atoms with Gasteiger partial charge in [-0.1, -0.05) is 35.9 Å². The Kier molecular flexibility index (Phi) is 4.37. The number of aliphatic hydroxyl groups excluding tert-OH is 1. The van der Waals surface area contributed by atoms with Gasteiger partial charge in [-0.05, 0) is 42.7 Å². The first kappa shape index (κ1) is 15.6. The highest BCUT2D eigenvalue weighted by atomic mass is 19.4. The van der Waals surface area contributed by atoms with E-state index in [1.807, 2.05) is 32.0 Å². The fraction of sp³-hybridized carbons (Fsp3) is 0.294. The van der Waals surface area contributed by atoms with Crippen LogP contribution >= 0.6 is 0 Å². The Morgan fingerprint density at radius 2 is 1.62 bits per heavy atom. The van der Waals surface area contributed by atoms with Gasteiger partial charge in [0.25, 0.3) is 0 Å². The van der Waals surface area contributed by atoms with Crippen molar-refractivity contribution in [3.63, 3.8) is 0 Å². The molecule has 4 heteroatoms. The minimum absolute atomic E-state index is 0.388. The molecule has 21 heavy (non-hydrogen) atoms. The molecule has 0 saturated carbocycles. The van der Waals surface area contributed by atoms with Gasteiger partial charge < -0.3 is 5.11 Å². The molecule has 0 aliphatic carbocycles. The van der Waals surface area contributed by atoms with E-state index < -0.39 is 17.8 Å². The average molecular weight is 294 g/mol. The normalized spacial score (nSPS) is 13.2. The van der Waals surface area contributed by atoms with Crippen molar-refractivity contribution in [2.75, 3.05) is 0 Å². The first-order chi connectivity index (χ1) is 9.77. The predicted molar refractivity (Wildman–Crippen MR) is 76.0 cm³/mol. The molecule has 0 amide bonds. The number of benzene rings is 2. The van der Waals surface area contributed by atoms with Gasteiger partial charge in [-0.15, -0.1) is 0 Å². The zero-order valence-corrected chi connectivity index (χ0v) is 11.9. The molecule has 1 unspecified atom stereocenters. The van der Waals surface area contributed by atoms with Crippen molar-refractivity contribution < 1.29 is 18.3 Å². The maximum Gasteiger partial charge on any atom is 0.416 e. The molecule has 1 atom stereocenters. The van der Waals surface area contributed by atoms with Gasteiger partial charge in [0.2, 0.25) is 0 Å². The molecule has 0 fully saturated rings. The summed E-state index contributed by atoms with van der Waals surface area (Å²) >= 11 is 0. The van der Waals surface area contributed by atoms with Crippen LogP contribution in [0.5, 0.6) is 0 Å². The summed E-state index contributed by atoms with van der Waals surface area (Å²) in [7, 11) is 0. The van der Waals surface area contributed by atoms with E-state index >= 15 is 0 Å². The van der Waals surface area contributed by atoms with Crippen LogP contribution in [0.25, 0.3) is 0 Å². The van der Waals surface area contributed by atoms with Crippen LogP contribution in [0.3, 0.4) is 0 Å². The van der Waals surface area contributed by atoms with Crippen molar-refractivity contribution >= 4 is 0 Å². The third-order valence-corrected chi connectivity index (χ3v) is 3.54. The lowest BCUT2D eigenvalue weighted by Crippen LogP contribution is -2.07. The minimum Gasteiger partial charge on any atom is -0.388 e. The summed E-state index contributed by atoms with van der Waals surface area (Å²) < 4.78 is 37.5. The molecular weight excluding hydrogens is 277 g/mol. The highest BCUT2D eigenvalue weighted by Crippen LogP contribution is 2.30. The number of halogens is 3. The van der Waals surface area contributed by atoms with Crippen molar-refractivity contribution in [1.29, 1.82) is 0 Å². The third-order valence-electron chi connectivity index (χ3n) is 3.54. The minimum atomic E-state index is -4.35. The Balaban J connectivity index is 2.17. The van der Waals surface area contributed by atoms with Gasteiger partial charge in [-0.25, -0.2) is 0 Å². The number of aliphatic hydroxyl groups is 1. The Hall–Kier alpha value is -1.81. The van der Waals surface area contributed by atoms with E-state index in [1.165, 1.54) is 12.1 Å². The van der Waals surface area contributed by atoms with Crippen LogP contribution in [-0.2, 0) is 12.6 Å². The number of hydrogen-bond acceptors (Lipinski definition) is 1. The van der Waals surface area contributed by atoms with Crippen LogP contribution in [0, 0.1) is 13.8 Å². The van der Waals surface area contributed by atoms with Gasteiger partial charge >= 0.3 is 6.18 Å². The smallest absolute Gasteiger partial charge is 0.388 e. The average Bonchev–Trinajstić information content (AvgIpc) is 2.42. The molecule has 1 N–H and O–H groups in total. The Morgan fingerprint density at radius 1 is 1.00 bits per heavy atom. The molecule has 0 aromatic heterocycles. The molecule has 0 spiro atoms. The lowest BCUT2D eigenvalue weighted by molar-refractivity contribution is -0.137. The molecule has 0 saturated heterocycles. The molecule has 2 aromatic carbocycles. The topological polar surface area (TPSA) is 20.2 Å².